The summed E-state index contributed by atoms with van der Waals surface area (Å²) in [5.74, 6) is -1.15. The fourth-order valence-electron chi connectivity index (χ4n) is 1.48. The van der Waals surface area contributed by atoms with E-state index in [1.165, 1.54) is 0 Å². The van der Waals surface area contributed by atoms with Gasteiger partial charge in [0.05, 0.1) is 18.2 Å². The monoisotopic (exact) mass is 214 g/mol. The lowest BCUT2D eigenvalue weighted by Crippen LogP contribution is -2.22. The molecule has 1 heterocycles. The number of carbonyl (C=O) groups is 1. The lowest BCUT2D eigenvalue weighted by atomic mass is 10.0. The van der Waals surface area contributed by atoms with Gasteiger partial charge in [-0.25, -0.2) is 0 Å². The number of nitrogens with zero attached hydrogens (tertiary/aromatic N) is 1. The number of nitrogens with one attached hydrogen (secondary N) is 1. The van der Waals surface area contributed by atoms with Crippen molar-refractivity contribution in [2.24, 2.45) is 0 Å². The first-order chi connectivity index (χ1) is 6.93. The maximum absolute atomic E-state index is 10.4. The van der Waals surface area contributed by atoms with E-state index in [0.29, 0.717) is 17.0 Å². The van der Waals surface area contributed by atoms with Gasteiger partial charge in [0.25, 0.3) is 0 Å². The number of carboxylic acid groups (broad SMARTS) is 1. The molecule has 2 unspecified atom stereocenters. The minimum atomic E-state index is -1.32. The molecule has 15 heavy (non-hydrogen) atoms. The molecule has 0 fully saturated rings. The highest BCUT2D eigenvalue weighted by Gasteiger charge is 2.25. The Balaban J connectivity index is 2.84. The maximum atomic E-state index is 10.4. The van der Waals surface area contributed by atoms with Crippen molar-refractivity contribution in [3.63, 3.8) is 0 Å². The predicted octanol–water partition coefficient (Wildman–Crippen LogP) is -0.104. The smallest absolute Gasteiger partial charge is 0.306 e. The Morgan fingerprint density at radius 1 is 1.47 bits per heavy atom. The first-order valence-corrected chi connectivity index (χ1v) is 4.53. The van der Waals surface area contributed by atoms with Crippen LogP contribution in [0.15, 0.2) is 0 Å². The maximum Gasteiger partial charge on any atom is 0.306 e. The summed E-state index contributed by atoms with van der Waals surface area (Å²) in [6.45, 7) is 3.38. The Hall–Kier alpha value is -1.40. The highest BCUT2D eigenvalue weighted by Crippen LogP contribution is 2.23. The van der Waals surface area contributed by atoms with Crippen LogP contribution in [0.3, 0.4) is 0 Å². The van der Waals surface area contributed by atoms with Crippen LogP contribution in [-0.4, -0.2) is 37.6 Å². The zero-order valence-electron chi connectivity index (χ0n) is 8.56. The SMILES string of the molecule is Cc1n[nH]c(C)c1C(O)C(O)CC(=O)O. The fourth-order valence-corrected chi connectivity index (χ4v) is 1.48. The van der Waals surface area contributed by atoms with E-state index in [0.717, 1.165) is 0 Å². The Morgan fingerprint density at radius 3 is 2.47 bits per heavy atom. The van der Waals surface area contributed by atoms with Gasteiger partial charge in [0.1, 0.15) is 6.10 Å². The van der Waals surface area contributed by atoms with Crippen LogP contribution in [0.5, 0.6) is 0 Å². The third kappa shape index (κ3) is 2.54. The van der Waals surface area contributed by atoms with E-state index < -0.39 is 24.6 Å². The predicted molar refractivity (Wildman–Crippen MR) is 51.3 cm³/mol. The molecule has 84 valence electrons. The van der Waals surface area contributed by atoms with Crippen molar-refractivity contribution in [2.75, 3.05) is 0 Å². The van der Waals surface area contributed by atoms with Crippen LogP contribution in [0, 0.1) is 13.8 Å². The molecule has 0 aliphatic heterocycles. The van der Waals surface area contributed by atoms with Crippen LogP contribution in [-0.2, 0) is 4.79 Å². The Bertz CT molecular complexity index is 341. The summed E-state index contributed by atoms with van der Waals surface area (Å²) in [6.07, 6.45) is -3.04. The number of rotatable bonds is 4. The number of aliphatic carboxylic acids is 1. The summed E-state index contributed by atoms with van der Waals surface area (Å²) in [5, 5.41) is 34.1. The largest absolute Gasteiger partial charge is 0.481 e. The number of aliphatic hydroxyl groups excluding tert-OH is 2. The van der Waals surface area contributed by atoms with E-state index in [1.54, 1.807) is 13.8 Å². The number of hydrogen-bond acceptors (Lipinski definition) is 4. The van der Waals surface area contributed by atoms with Crippen molar-refractivity contribution < 1.29 is 20.1 Å². The second-order valence-electron chi connectivity index (χ2n) is 3.46. The molecular weight excluding hydrogens is 200 g/mol. The van der Waals surface area contributed by atoms with Gasteiger partial charge in [-0.1, -0.05) is 0 Å². The topological polar surface area (TPSA) is 106 Å². The number of aromatic nitrogens is 2. The average molecular weight is 214 g/mol. The van der Waals surface area contributed by atoms with Crippen LogP contribution >= 0.6 is 0 Å². The number of carboxylic acids is 1. The fraction of sp³-hybridized carbons (Fsp3) is 0.556. The van der Waals surface area contributed by atoms with E-state index in [2.05, 4.69) is 10.2 Å². The molecule has 0 aromatic carbocycles. The quantitative estimate of drug-likeness (QED) is 0.559. The molecule has 6 heteroatoms. The van der Waals surface area contributed by atoms with E-state index >= 15 is 0 Å². The molecule has 0 spiro atoms. The van der Waals surface area contributed by atoms with Crippen LogP contribution in [0.25, 0.3) is 0 Å². The first-order valence-electron chi connectivity index (χ1n) is 4.53. The molecule has 1 aromatic rings. The van der Waals surface area contributed by atoms with Crippen molar-refractivity contribution in [1.82, 2.24) is 10.2 Å². The molecule has 0 radical (unpaired) electrons. The second-order valence-corrected chi connectivity index (χ2v) is 3.46. The zero-order valence-corrected chi connectivity index (χ0v) is 8.56. The highest BCUT2D eigenvalue weighted by atomic mass is 16.4. The van der Waals surface area contributed by atoms with Crippen molar-refractivity contribution in [2.45, 2.75) is 32.5 Å². The highest BCUT2D eigenvalue weighted by molar-refractivity contribution is 5.67. The molecule has 0 saturated carbocycles. The number of aromatic amines is 1. The standard InChI is InChI=1S/C9H14N2O4/c1-4-8(5(2)11-10-4)9(15)6(12)3-7(13)14/h6,9,12,15H,3H2,1-2H3,(H,10,11)(H,13,14). The summed E-state index contributed by atoms with van der Waals surface area (Å²) < 4.78 is 0. The van der Waals surface area contributed by atoms with Gasteiger partial charge < -0.3 is 15.3 Å². The number of aryl methyl sites for hydroxylation is 2. The van der Waals surface area contributed by atoms with Crippen molar-refractivity contribution >= 4 is 5.97 Å². The van der Waals surface area contributed by atoms with Gasteiger partial charge in [0.2, 0.25) is 0 Å². The van der Waals surface area contributed by atoms with Gasteiger partial charge >= 0.3 is 5.97 Å². The molecule has 0 saturated heterocycles. The Kier molecular flexibility index (Phi) is 3.43. The van der Waals surface area contributed by atoms with E-state index in [4.69, 9.17) is 5.11 Å². The van der Waals surface area contributed by atoms with Gasteiger partial charge in [-0.05, 0) is 13.8 Å². The van der Waals surface area contributed by atoms with Gasteiger partial charge in [0, 0.05) is 11.3 Å². The minimum absolute atomic E-state index is 0.462. The van der Waals surface area contributed by atoms with E-state index in [1.807, 2.05) is 0 Å². The molecule has 0 aliphatic rings. The second kappa shape index (κ2) is 4.41. The lowest BCUT2D eigenvalue weighted by Gasteiger charge is -2.16. The molecule has 6 nitrogen and oxygen atoms in total. The third-order valence-electron chi connectivity index (χ3n) is 2.23. The number of hydrogen-bond donors (Lipinski definition) is 4. The number of H-pyrrole nitrogens is 1. The molecule has 0 bridgehead atoms. The molecule has 1 aromatic heterocycles. The van der Waals surface area contributed by atoms with Crippen LogP contribution in [0.4, 0.5) is 0 Å². The molecular formula is C9H14N2O4. The van der Waals surface area contributed by atoms with Crippen molar-refractivity contribution in [3.05, 3.63) is 17.0 Å². The van der Waals surface area contributed by atoms with Crippen LogP contribution in [0.1, 0.15) is 29.5 Å². The molecule has 0 amide bonds. The summed E-state index contributed by atoms with van der Waals surface area (Å²) in [5.41, 5.74) is 1.65. The average Bonchev–Trinajstić information content (AvgIpc) is 2.44. The summed E-state index contributed by atoms with van der Waals surface area (Å²) >= 11 is 0. The van der Waals surface area contributed by atoms with E-state index in [-0.39, 0.29) is 0 Å². The lowest BCUT2D eigenvalue weighted by molar-refractivity contribution is -0.141. The molecule has 2 atom stereocenters. The Labute approximate surface area is 86.6 Å². The van der Waals surface area contributed by atoms with Crippen LogP contribution < -0.4 is 0 Å². The normalized spacial score (nSPS) is 14.9. The minimum Gasteiger partial charge on any atom is -0.481 e. The summed E-state index contributed by atoms with van der Waals surface area (Å²) in [7, 11) is 0. The molecule has 4 N–H and O–H groups in total. The van der Waals surface area contributed by atoms with Gasteiger partial charge in [-0.2, -0.15) is 5.10 Å². The first kappa shape index (κ1) is 11.7. The van der Waals surface area contributed by atoms with Gasteiger partial charge in [0.15, 0.2) is 0 Å². The Morgan fingerprint density at radius 2 is 2.07 bits per heavy atom. The third-order valence-corrected chi connectivity index (χ3v) is 2.23. The summed E-state index contributed by atoms with van der Waals surface area (Å²) in [4.78, 5) is 10.4. The number of aliphatic hydroxyl groups is 2. The van der Waals surface area contributed by atoms with E-state index in [9.17, 15) is 15.0 Å². The van der Waals surface area contributed by atoms with Gasteiger partial charge in [-0.15, -0.1) is 0 Å². The van der Waals surface area contributed by atoms with Crippen LogP contribution in [0.2, 0.25) is 0 Å². The van der Waals surface area contributed by atoms with Crippen molar-refractivity contribution in [1.29, 1.82) is 0 Å². The molecule has 0 aliphatic carbocycles. The van der Waals surface area contributed by atoms with Gasteiger partial charge in [-0.3, -0.25) is 9.89 Å². The zero-order chi connectivity index (χ0) is 11.6. The summed E-state index contributed by atoms with van der Waals surface area (Å²) in [6, 6.07) is 0. The van der Waals surface area contributed by atoms with Crippen molar-refractivity contribution in [3.8, 4) is 0 Å². The molecule has 1 rings (SSSR count).